The van der Waals surface area contributed by atoms with Crippen molar-refractivity contribution in [3.63, 3.8) is 0 Å². The minimum Gasteiger partial charge on any atom is -0.454 e. The monoisotopic (exact) mass is 487 g/mol. The number of rotatable bonds is 2. The van der Waals surface area contributed by atoms with Gasteiger partial charge in [0.15, 0.2) is 23.7 Å². The molecule has 35 heavy (non-hydrogen) atoms. The molecule has 4 atom stereocenters. The van der Waals surface area contributed by atoms with Gasteiger partial charge >= 0.3 is 12.3 Å². The van der Waals surface area contributed by atoms with Gasteiger partial charge in [0.25, 0.3) is 0 Å². The number of benzene rings is 1. The van der Waals surface area contributed by atoms with Crippen molar-refractivity contribution in [3.05, 3.63) is 34.9 Å². The Morgan fingerprint density at radius 3 is 2.23 bits per heavy atom. The van der Waals surface area contributed by atoms with Gasteiger partial charge in [-0.2, -0.15) is 0 Å². The third-order valence-electron chi connectivity index (χ3n) is 6.47. The van der Waals surface area contributed by atoms with E-state index in [1.165, 1.54) is 0 Å². The van der Waals surface area contributed by atoms with Gasteiger partial charge in [-0.1, -0.05) is 5.57 Å². The maximum Gasteiger partial charge on any atom is 0.509 e. The summed E-state index contributed by atoms with van der Waals surface area (Å²) in [5.74, 6) is 1.08. The van der Waals surface area contributed by atoms with Crippen LogP contribution in [0.1, 0.15) is 65.0 Å². The maximum absolute atomic E-state index is 12.8. The molecule has 3 heterocycles. The Labute approximate surface area is 205 Å². The van der Waals surface area contributed by atoms with E-state index in [4.69, 9.17) is 28.4 Å². The summed E-state index contributed by atoms with van der Waals surface area (Å²) in [4.78, 5) is 27.9. The number of ether oxygens (including phenoxy) is 6. The van der Waals surface area contributed by atoms with Gasteiger partial charge in [-0.05, 0) is 77.3 Å². The fourth-order valence-electron chi connectivity index (χ4n) is 5.33. The van der Waals surface area contributed by atoms with Crippen molar-refractivity contribution >= 4 is 12.3 Å². The van der Waals surface area contributed by atoms with Crippen molar-refractivity contribution in [1.29, 1.82) is 0 Å². The van der Waals surface area contributed by atoms with Crippen LogP contribution in [-0.4, -0.2) is 60.0 Å². The summed E-state index contributed by atoms with van der Waals surface area (Å²) in [5.41, 5.74) is 1.78. The second-order valence-electron chi connectivity index (χ2n) is 11.4. The molecule has 1 aromatic carbocycles. The minimum atomic E-state index is -0.829. The standard InChI is InChI=1S/C26H33NO8/c1-25(2,3)34-23(28)32-19-9-14-7-8-27-12-15-10-17-18(31-13-30-17)11-16(15)20(21(14)27)22(19)33-24(29)35-26(4,5)6/h9-11,19-22H,7-8,12-13H2,1-6H3/t19-,20-,21+,22+/m0/s1. The van der Waals surface area contributed by atoms with Crippen LogP contribution in [0.3, 0.4) is 0 Å². The fourth-order valence-corrected chi connectivity index (χ4v) is 5.33. The first-order chi connectivity index (χ1) is 16.4. The second-order valence-corrected chi connectivity index (χ2v) is 11.4. The number of nitrogens with zero attached hydrogens (tertiary/aromatic N) is 1. The van der Waals surface area contributed by atoms with E-state index < -0.39 is 35.7 Å². The molecule has 0 radical (unpaired) electrons. The summed E-state index contributed by atoms with van der Waals surface area (Å²) in [6.45, 7) is 12.4. The van der Waals surface area contributed by atoms with E-state index in [0.717, 1.165) is 36.2 Å². The normalized spacial score (nSPS) is 26.9. The SMILES string of the molecule is CC(C)(C)OC(=O)O[C@H]1[C@H]2c3cc4c(cc3CN3CCC(=C[C@@H]1OC(=O)OC(C)(C)C)[C@H]23)OCO4. The lowest BCUT2D eigenvalue weighted by atomic mass is 9.73. The van der Waals surface area contributed by atoms with Crippen LogP contribution >= 0.6 is 0 Å². The lowest BCUT2D eigenvalue weighted by molar-refractivity contribution is -0.0882. The summed E-state index contributed by atoms with van der Waals surface area (Å²) < 4.78 is 33.9. The Balaban J connectivity index is 1.54. The zero-order valence-electron chi connectivity index (χ0n) is 21.1. The van der Waals surface area contributed by atoms with Crippen LogP contribution in [0.15, 0.2) is 23.8 Å². The van der Waals surface area contributed by atoms with E-state index in [2.05, 4.69) is 4.90 Å². The molecule has 9 nitrogen and oxygen atoms in total. The van der Waals surface area contributed by atoms with Crippen LogP contribution in [0, 0.1) is 0 Å². The van der Waals surface area contributed by atoms with E-state index in [9.17, 15) is 9.59 Å². The minimum absolute atomic E-state index is 0.0220. The summed E-state index contributed by atoms with van der Waals surface area (Å²) in [7, 11) is 0. The van der Waals surface area contributed by atoms with Crippen molar-refractivity contribution in [2.24, 2.45) is 0 Å². The molecule has 1 aliphatic carbocycles. The van der Waals surface area contributed by atoms with Crippen LogP contribution in [0.2, 0.25) is 0 Å². The molecule has 0 bridgehead atoms. The number of carbonyl (C=O) groups is 2. The average molecular weight is 488 g/mol. The van der Waals surface area contributed by atoms with E-state index in [1.807, 2.05) is 18.2 Å². The lowest BCUT2D eigenvalue weighted by Crippen LogP contribution is -2.52. The molecule has 0 saturated carbocycles. The summed E-state index contributed by atoms with van der Waals surface area (Å²) in [5, 5.41) is 0. The highest BCUT2D eigenvalue weighted by molar-refractivity contribution is 5.63. The maximum atomic E-state index is 12.8. The highest BCUT2D eigenvalue weighted by Gasteiger charge is 2.53. The number of hydrogen-bond acceptors (Lipinski definition) is 9. The van der Waals surface area contributed by atoms with E-state index in [0.29, 0.717) is 11.5 Å². The first kappa shape index (κ1) is 23.8. The van der Waals surface area contributed by atoms with Crippen molar-refractivity contribution in [2.75, 3.05) is 13.3 Å². The van der Waals surface area contributed by atoms with Crippen LogP contribution in [-0.2, 0) is 25.5 Å². The largest absolute Gasteiger partial charge is 0.509 e. The van der Waals surface area contributed by atoms with E-state index in [1.54, 1.807) is 41.5 Å². The third-order valence-corrected chi connectivity index (χ3v) is 6.47. The Kier molecular flexibility index (Phi) is 5.66. The topological polar surface area (TPSA) is 92.8 Å². The molecular weight excluding hydrogens is 454 g/mol. The van der Waals surface area contributed by atoms with Crippen molar-refractivity contribution in [1.82, 2.24) is 4.90 Å². The quantitative estimate of drug-likeness (QED) is 0.436. The van der Waals surface area contributed by atoms with Gasteiger partial charge in [-0.25, -0.2) is 9.59 Å². The second kappa shape index (κ2) is 8.33. The zero-order chi connectivity index (χ0) is 25.1. The molecule has 1 saturated heterocycles. The lowest BCUT2D eigenvalue weighted by Gasteiger charge is -2.46. The highest BCUT2D eigenvalue weighted by Crippen LogP contribution is 2.51. The van der Waals surface area contributed by atoms with Gasteiger partial charge < -0.3 is 28.4 Å². The first-order valence-corrected chi connectivity index (χ1v) is 12.0. The molecule has 1 fully saturated rings. The van der Waals surface area contributed by atoms with Crippen LogP contribution in [0.25, 0.3) is 0 Å². The average Bonchev–Trinajstić information content (AvgIpc) is 3.32. The van der Waals surface area contributed by atoms with Crippen LogP contribution in [0.4, 0.5) is 9.59 Å². The Morgan fingerprint density at radius 1 is 0.943 bits per heavy atom. The van der Waals surface area contributed by atoms with Gasteiger partial charge in [-0.15, -0.1) is 0 Å². The van der Waals surface area contributed by atoms with Crippen molar-refractivity contribution < 1.29 is 38.0 Å². The van der Waals surface area contributed by atoms with Gasteiger partial charge in [0, 0.05) is 25.0 Å². The fraction of sp³-hybridized carbons (Fsp3) is 0.615. The number of carbonyl (C=O) groups excluding carboxylic acids is 2. The zero-order valence-corrected chi connectivity index (χ0v) is 21.1. The molecule has 0 aromatic heterocycles. The van der Waals surface area contributed by atoms with E-state index >= 15 is 0 Å². The van der Waals surface area contributed by atoms with Gasteiger partial charge in [-0.3, -0.25) is 4.90 Å². The smallest absolute Gasteiger partial charge is 0.454 e. The Hall–Kier alpha value is -2.94. The summed E-state index contributed by atoms with van der Waals surface area (Å²) in [6.07, 6.45) is -0.509. The molecule has 0 N–H and O–H groups in total. The van der Waals surface area contributed by atoms with Gasteiger partial charge in [0.05, 0.1) is 0 Å². The van der Waals surface area contributed by atoms with Gasteiger partial charge in [0.1, 0.15) is 11.2 Å². The molecule has 1 aromatic rings. The molecule has 4 aliphatic rings. The highest BCUT2D eigenvalue weighted by atomic mass is 16.8. The Bertz CT molecular complexity index is 1070. The molecule has 3 aliphatic heterocycles. The number of hydrogen-bond donors (Lipinski definition) is 0. The molecular formula is C26H33NO8. The van der Waals surface area contributed by atoms with Crippen molar-refractivity contribution in [3.8, 4) is 11.5 Å². The van der Waals surface area contributed by atoms with Gasteiger partial charge in [0.2, 0.25) is 6.79 Å². The molecule has 0 unspecified atom stereocenters. The van der Waals surface area contributed by atoms with Crippen LogP contribution in [0.5, 0.6) is 11.5 Å². The molecule has 0 spiro atoms. The van der Waals surface area contributed by atoms with E-state index in [-0.39, 0.29) is 18.8 Å². The molecule has 0 amide bonds. The summed E-state index contributed by atoms with van der Waals surface area (Å²) in [6, 6.07) is 3.99. The summed E-state index contributed by atoms with van der Waals surface area (Å²) >= 11 is 0. The molecule has 9 heteroatoms. The number of fused-ring (bicyclic) bond motifs is 3. The Morgan fingerprint density at radius 2 is 1.57 bits per heavy atom. The first-order valence-electron chi connectivity index (χ1n) is 12.0. The predicted molar refractivity (Wildman–Crippen MR) is 124 cm³/mol. The third kappa shape index (κ3) is 4.78. The predicted octanol–water partition coefficient (Wildman–Crippen LogP) is 4.67. The molecule has 5 rings (SSSR count). The van der Waals surface area contributed by atoms with Crippen molar-refractivity contribution in [2.45, 2.75) is 89.9 Å². The van der Waals surface area contributed by atoms with Crippen LogP contribution < -0.4 is 9.47 Å². The molecule has 190 valence electrons.